The van der Waals surface area contributed by atoms with Crippen molar-refractivity contribution in [3.05, 3.63) is 65.6 Å². The zero-order chi connectivity index (χ0) is 22.9. The predicted octanol–water partition coefficient (Wildman–Crippen LogP) is 3.87. The van der Waals surface area contributed by atoms with E-state index in [0.29, 0.717) is 24.3 Å². The first-order valence-electron chi connectivity index (χ1n) is 10.3. The van der Waals surface area contributed by atoms with Crippen LogP contribution in [0, 0.1) is 24.5 Å². The summed E-state index contributed by atoms with van der Waals surface area (Å²) in [4.78, 5) is 16.9. The number of rotatable bonds is 8. The Balaban J connectivity index is 1.56. The molecule has 0 aliphatic heterocycles. The van der Waals surface area contributed by atoms with Crippen molar-refractivity contribution in [1.82, 2.24) is 14.8 Å². The van der Waals surface area contributed by atoms with E-state index in [0.717, 1.165) is 11.9 Å². The lowest BCUT2D eigenvalue weighted by atomic mass is 9.93. The molecule has 0 unspecified atom stereocenters. The fraction of sp³-hybridized carbons (Fsp3) is 0.348. The molecule has 32 heavy (non-hydrogen) atoms. The molecule has 0 bridgehead atoms. The van der Waals surface area contributed by atoms with E-state index in [1.54, 1.807) is 23.0 Å². The lowest BCUT2D eigenvalue weighted by Crippen LogP contribution is -2.27. The van der Waals surface area contributed by atoms with Gasteiger partial charge in [0.2, 0.25) is 5.91 Å². The standard InChI is InChI=1S/C23H24F2N4O3/c1-4-29-12-20(14(2)28-29)32-13-23(15-6-5-7-16(24)8-15)10-17(23)22(30)27-21-9-19(31-3)18(25)11-26-21/h5-9,11-12,17H,4,10,13H2,1-3H3,(H,26,27,30)/t17-,23+/m0/s1. The summed E-state index contributed by atoms with van der Waals surface area (Å²) in [5, 5.41) is 7.08. The van der Waals surface area contributed by atoms with Gasteiger partial charge in [-0.25, -0.2) is 13.8 Å². The first kappa shape index (κ1) is 21.7. The summed E-state index contributed by atoms with van der Waals surface area (Å²) in [5.74, 6) is -0.999. The molecule has 0 spiro atoms. The minimum Gasteiger partial charge on any atom is -0.493 e. The van der Waals surface area contributed by atoms with Gasteiger partial charge in [0.25, 0.3) is 0 Å². The Morgan fingerprint density at radius 2 is 2.12 bits per heavy atom. The van der Waals surface area contributed by atoms with Crippen molar-refractivity contribution in [3.63, 3.8) is 0 Å². The van der Waals surface area contributed by atoms with Crippen LogP contribution in [0.15, 0.2) is 42.7 Å². The zero-order valence-electron chi connectivity index (χ0n) is 18.1. The largest absolute Gasteiger partial charge is 0.493 e. The van der Waals surface area contributed by atoms with Crippen LogP contribution in [0.5, 0.6) is 11.5 Å². The van der Waals surface area contributed by atoms with E-state index in [4.69, 9.17) is 9.47 Å². The van der Waals surface area contributed by atoms with Crippen molar-refractivity contribution < 1.29 is 23.0 Å². The van der Waals surface area contributed by atoms with Gasteiger partial charge in [-0.1, -0.05) is 12.1 Å². The van der Waals surface area contributed by atoms with Crippen molar-refractivity contribution in [2.75, 3.05) is 19.0 Å². The van der Waals surface area contributed by atoms with Crippen LogP contribution in [0.25, 0.3) is 0 Å². The molecule has 4 rings (SSSR count). The van der Waals surface area contributed by atoms with E-state index in [1.165, 1.54) is 25.3 Å². The van der Waals surface area contributed by atoms with E-state index in [2.05, 4.69) is 15.4 Å². The van der Waals surface area contributed by atoms with Crippen LogP contribution in [-0.4, -0.2) is 34.4 Å². The Hall–Kier alpha value is -3.49. The average molecular weight is 442 g/mol. The molecule has 2 aromatic heterocycles. The normalized spacial score (nSPS) is 19.5. The number of aryl methyl sites for hydroxylation is 2. The van der Waals surface area contributed by atoms with Crippen LogP contribution in [0.2, 0.25) is 0 Å². The highest BCUT2D eigenvalue weighted by molar-refractivity contribution is 5.95. The van der Waals surface area contributed by atoms with Gasteiger partial charge in [0.05, 0.1) is 32.0 Å². The molecule has 168 valence electrons. The summed E-state index contributed by atoms with van der Waals surface area (Å²) in [6, 6.07) is 7.52. The van der Waals surface area contributed by atoms with Gasteiger partial charge < -0.3 is 14.8 Å². The second kappa shape index (κ2) is 8.57. The molecule has 3 aromatic rings. The molecule has 1 saturated carbocycles. The maximum atomic E-state index is 14.0. The molecule has 2 heterocycles. The maximum Gasteiger partial charge on any atom is 0.229 e. The van der Waals surface area contributed by atoms with Gasteiger partial charge in [-0.2, -0.15) is 5.10 Å². The van der Waals surface area contributed by atoms with Gasteiger partial charge in [-0.05, 0) is 38.0 Å². The SMILES string of the molecule is CCn1cc(OC[C@@]2(c3cccc(F)c3)C[C@H]2C(=O)Nc2cc(OC)c(F)cn2)c(C)n1. The molecule has 9 heteroatoms. The number of ether oxygens (including phenoxy) is 2. The van der Waals surface area contributed by atoms with E-state index >= 15 is 0 Å². The summed E-state index contributed by atoms with van der Waals surface area (Å²) >= 11 is 0. The number of pyridine rings is 1. The first-order valence-corrected chi connectivity index (χ1v) is 10.3. The molecule has 1 aliphatic rings. The molecular weight excluding hydrogens is 418 g/mol. The van der Waals surface area contributed by atoms with Gasteiger partial charge >= 0.3 is 0 Å². The lowest BCUT2D eigenvalue weighted by molar-refractivity contribution is -0.117. The van der Waals surface area contributed by atoms with E-state index < -0.39 is 17.2 Å². The molecule has 1 aliphatic carbocycles. The number of methoxy groups -OCH3 is 1. The van der Waals surface area contributed by atoms with Gasteiger partial charge in [0, 0.05) is 18.0 Å². The predicted molar refractivity (Wildman–Crippen MR) is 114 cm³/mol. The zero-order valence-corrected chi connectivity index (χ0v) is 18.1. The van der Waals surface area contributed by atoms with Gasteiger partial charge in [-0.3, -0.25) is 9.48 Å². The van der Waals surface area contributed by atoms with E-state index in [1.807, 2.05) is 13.8 Å². The monoisotopic (exact) mass is 442 g/mol. The number of nitrogens with one attached hydrogen (secondary N) is 1. The third-order valence-corrected chi connectivity index (χ3v) is 5.79. The number of halogens is 2. The number of carbonyl (C=O) groups is 1. The minimum absolute atomic E-state index is 0.0192. The van der Waals surface area contributed by atoms with Crippen molar-refractivity contribution in [2.45, 2.75) is 32.2 Å². The summed E-state index contributed by atoms with van der Waals surface area (Å²) < 4.78 is 40.4. The maximum absolute atomic E-state index is 14.0. The topological polar surface area (TPSA) is 78.3 Å². The van der Waals surface area contributed by atoms with Crippen LogP contribution in [0.4, 0.5) is 14.6 Å². The Kier molecular flexibility index (Phi) is 5.82. The fourth-order valence-corrected chi connectivity index (χ4v) is 3.88. The molecule has 1 fully saturated rings. The van der Waals surface area contributed by atoms with E-state index in [-0.39, 0.29) is 29.9 Å². The van der Waals surface area contributed by atoms with Crippen LogP contribution < -0.4 is 14.8 Å². The van der Waals surface area contributed by atoms with Crippen LogP contribution in [0.1, 0.15) is 24.6 Å². The molecule has 7 nitrogen and oxygen atoms in total. The molecular formula is C23H24F2N4O3. The number of hydrogen-bond donors (Lipinski definition) is 1. The highest BCUT2D eigenvalue weighted by Crippen LogP contribution is 2.55. The molecule has 1 N–H and O–H groups in total. The average Bonchev–Trinajstić information content (AvgIpc) is 3.42. The number of nitrogens with zero attached hydrogens (tertiary/aromatic N) is 3. The van der Waals surface area contributed by atoms with E-state index in [9.17, 15) is 13.6 Å². The summed E-state index contributed by atoms with van der Waals surface area (Å²) in [6.45, 7) is 4.72. The third-order valence-electron chi connectivity index (χ3n) is 5.79. The number of carbonyl (C=O) groups excluding carboxylic acids is 1. The Morgan fingerprint density at radius 3 is 2.81 bits per heavy atom. The Bertz CT molecular complexity index is 1150. The first-order chi connectivity index (χ1) is 15.4. The van der Waals surface area contributed by atoms with Crippen LogP contribution >= 0.6 is 0 Å². The molecule has 2 atom stereocenters. The van der Waals surface area contributed by atoms with Crippen LogP contribution in [0.3, 0.4) is 0 Å². The highest BCUT2D eigenvalue weighted by Gasteiger charge is 2.60. The number of hydrogen-bond acceptors (Lipinski definition) is 5. The van der Waals surface area contributed by atoms with Gasteiger partial charge in [0.15, 0.2) is 17.3 Å². The fourth-order valence-electron chi connectivity index (χ4n) is 3.88. The second-order valence-corrected chi connectivity index (χ2v) is 7.84. The lowest BCUT2D eigenvalue weighted by Gasteiger charge is -2.19. The van der Waals surface area contributed by atoms with Crippen molar-refractivity contribution in [3.8, 4) is 11.5 Å². The van der Waals surface area contributed by atoms with Crippen molar-refractivity contribution in [1.29, 1.82) is 0 Å². The second-order valence-electron chi connectivity index (χ2n) is 7.84. The molecule has 1 amide bonds. The summed E-state index contributed by atoms with van der Waals surface area (Å²) in [6.07, 6.45) is 3.26. The number of amides is 1. The summed E-state index contributed by atoms with van der Waals surface area (Å²) in [7, 11) is 1.33. The highest BCUT2D eigenvalue weighted by atomic mass is 19.1. The van der Waals surface area contributed by atoms with Gasteiger partial charge in [-0.15, -0.1) is 0 Å². The molecule has 1 aromatic carbocycles. The molecule has 0 saturated heterocycles. The quantitative estimate of drug-likeness (QED) is 0.573. The van der Waals surface area contributed by atoms with Crippen LogP contribution in [-0.2, 0) is 16.8 Å². The molecule has 0 radical (unpaired) electrons. The number of anilines is 1. The number of aromatic nitrogens is 3. The minimum atomic E-state index is -0.697. The third kappa shape index (κ3) is 4.15. The summed E-state index contributed by atoms with van der Waals surface area (Å²) in [5.41, 5.74) is 0.727. The van der Waals surface area contributed by atoms with Crippen molar-refractivity contribution >= 4 is 11.7 Å². The van der Waals surface area contributed by atoms with Crippen molar-refractivity contribution in [2.24, 2.45) is 5.92 Å². The Labute approximate surface area is 184 Å². The Morgan fingerprint density at radius 1 is 1.31 bits per heavy atom. The number of benzene rings is 1. The smallest absolute Gasteiger partial charge is 0.229 e. The van der Waals surface area contributed by atoms with Gasteiger partial charge in [0.1, 0.15) is 17.3 Å².